The number of rotatable bonds is 5. The Morgan fingerprint density at radius 1 is 1.15 bits per heavy atom. The quantitative estimate of drug-likeness (QED) is 0.819. The third-order valence-corrected chi connectivity index (χ3v) is 5.72. The molecule has 0 unspecified atom stereocenters. The topological polar surface area (TPSA) is 81.8 Å². The molecule has 144 valence electrons. The predicted molar refractivity (Wildman–Crippen MR) is 104 cm³/mol. The Morgan fingerprint density at radius 3 is 2.62 bits per heavy atom. The highest BCUT2D eigenvalue weighted by Gasteiger charge is 2.25. The van der Waals surface area contributed by atoms with Crippen LogP contribution in [0.1, 0.15) is 25.7 Å². The van der Waals surface area contributed by atoms with Crippen molar-refractivity contribution in [2.75, 3.05) is 49.2 Å². The lowest BCUT2D eigenvalue weighted by Crippen LogP contribution is -2.45. The number of carbonyl (C=O) groups is 1. The van der Waals surface area contributed by atoms with E-state index >= 15 is 0 Å². The molecule has 2 amide bonds. The first kappa shape index (κ1) is 19.0. The molecule has 2 N–H and O–H groups in total. The number of nitrogens with one attached hydrogen (secondary N) is 2. The second-order valence-electron chi connectivity index (χ2n) is 7.22. The molecule has 2 aliphatic heterocycles. The summed E-state index contributed by atoms with van der Waals surface area (Å²) >= 11 is 0. The molecule has 1 aromatic carbocycles. The van der Waals surface area contributed by atoms with Crippen molar-refractivity contribution < 1.29 is 13.2 Å². The van der Waals surface area contributed by atoms with Gasteiger partial charge in [-0.2, -0.15) is 0 Å². The number of hydrogen-bond donors (Lipinski definition) is 2. The van der Waals surface area contributed by atoms with Gasteiger partial charge in [0.05, 0.1) is 17.6 Å². The third kappa shape index (κ3) is 5.11. The molecule has 1 aromatic rings. The van der Waals surface area contributed by atoms with Gasteiger partial charge in [-0.3, -0.25) is 0 Å². The minimum absolute atomic E-state index is 0.110. The van der Waals surface area contributed by atoms with Gasteiger partial charge < -0.3 is 15.1 Å². The summed E-state index contributed by atoms with van der Waals surface area (Å²) in [5, 5.41) is 3.06. The van der Waals surface area contributed by atoms with Gasteiger partial charge in [-0.05, 0) is 43.7 Å². The highest BCUT2D eigenvalue weighted by Crippen LogP contribution is 2.29. The molecule has 0 bridgehead atoms. The van der Waals surface area contributed by atoms with Crippen LogP contribution in [0.15, 0.2) is 24.3 Å². The maximum atomic E-state index is 12.7. The summed E-state index contributed by atoms with van der Waals surface area (Å²) in [5.74, 6) is 0.151. The normalized spacial score (nSPS) is 21.0. The molecule has 0 aliphatic carbocycles. The lowest BCUT2D eigenvalue weighted by Gasteiger charge is -2.33. The summed E-state index contributed by atoms with van der Waals surface area (Å²) in [5.41, 5.74) is 1.92. The van der Waals surface area contributed by atoms with Crippen molar-refractivity contribution >= 4 is 27.4 Å². The van der Waals surface area contributed by atoms with E-state index in [4.69, 9.17) is 0 Å². The summed E-state index contributed by atoms with van der Waals surface area (Å²) in [4.78, 5) is 16.8. The van der Waals surface area contributed by atoms with Crippen molar-refractivity contribution in [3.05, 3.63) is 24.3 Å². The number of carbonyl (C=O) groups excluding carboxylic acids is 1. The third-order valence-electron chi connectivity index (χ3n) is 5.03. The standard InChI is InChI=1S/C18H28N4O3S/c1-26(24,25)19-13-15-7-6-12-22(14-15)18(23)20-16-8-2-3-9-17(16)21-10-4-5-11-21/h2-3,8-9,15,19H,4-7,10-14H2,1H3,(H,20,23)/t15-/m0/s1. The van der Waals surface area contributed by atoms with Crippen molar-refractivity contribution in [2.45, 2.75) is 25.7 Å². The summed E-state index contributed by atoms with van der Waals surface area (Å²) in [6, 6.07) is 7.82. The highest BCUT2D eigenvalue weighted by molar-refractivity contribution is 7.88. The van der Waals surface area contributed by atoms with Crippen LogP contribution >= 0.6 is 0 Å². The Morgan fingerprint density at radius 2 is 1.88 bits per heavy atom. The lowest BCUT2D eigenvalue weighted by atomic mass is 9.99. The van der Waals surface area contributed by atoms with Crippen LogP contribution < -0.4 is 14.9 Å². The van der Waals surface area contributed by atoms with Crippen LogP contribution in [0.3, 0.4) is 0 Å². The molecule has 0 spiro atoms. The molecule has 1 atom stereocenters. The Kier molecular flexibility index (Phi) is 6.03. The van der Waals surface area contributed by atoms with E-state index < -0.39 is 10.0 Å². The van der Waals surface area contributed by atoms with E-state index in [1.807, 2.05) is 18.2 Å². The fourth-order valence-corrected chi connectivity index (χ4v) is 4.23. The second-order valence-corrected chi connectivity index (χ2v) is 9.05. The Hall–Kier alpha value is -1.80. The van der Waals surface area contributed by atoms with Gasteiger partial charge in [0.1, 0.15) is 0 Å². The monoisotopic (exact) mass is 380 g/mol. The molecule has 2 saturated heterocycles. The average molecular weight is 381 g/mol. The summed E-state index contributed by atoms with van der Waals surface area (Å²) in [7, 11) is -3.20. The zero-order valence-corrected chi connectivity index (χ0v) is 16.1. The molecule has 8 heteroatoms. The zero-order chi connectivity index (χ0) is 18.6. The molecule has 2 aliphatic rings. The van der Waals surface area contributed by atoms with Crippen LogP contribution in [0, 0.1) is 5.92 Å². The van der Waals surface area contributed by atoms with Crippen LogP contribution in [0.2, 0.25) is 0 Å². The van der Waals surface area contributed by atoms with Crippen molar-refractivity contribution in [3.8, 4) is 0 Å². The van der Waals surface area contributed by atoms with Crippen LogP contribution in [-0.2, 0) is 10.0 Å². The molecule has 2 heterocycles. The number of piperidine rings is 1. The maximum Gasteiger partial charge on any atom is 0.321 e. The van der Waals surface area contributed by atoms with Gasteiger partial charge in [-0.15, -0.1) is 0 Å². The number of sulfonamides is 1. The summed E-state index contributed by atoms with van der Waals surface area (Å²) in [6.45, 7) is 3.70. The molecule has 0 aromatic heterocycles. The van der Waals surface area contributed by atoms with Gasteiger partial charge in [0, 0.05) is 32.7 Å². The fraction of sp³-hybridized carbons (Fsp3) is 0.611. The van der Waals surface area contributed by atoms with E-state index in [0.29, 0.717) is 19.6 Å². The van der Waals surface area contributed by atoms with Gasteiger partial charge in [0.25, 0.3) is 0 Å². The Labute approximate surface area is 155 Å². The van der Waals surface area contributed by atoms with Crippen LogP contribution in [0.5, 0.6) is 0 Å². The van der Waals surface area contributed by atoms with Crippen molar-refractivity contribution in [1.29, 1.82) is 0 Å². The Balaban J connectivity index is 1.61. The molecule has 26 heavy (non-hydrogen) atoms. The highest BCUT2D eigenvalue weighted by atomic mass is 32.2. The van der Waals surface area contributed by atoms with Crippen molar-refractivity contribution in [3.63, 3.8) is 0 Å². The first-order valence-electron chi connectivity index (χ1n) is 9.27. The molecule has 0 radical (unpaired) electrons. The minimum Gasteiger partial charge on any atom is -0.370 e. The SMILES string of the molecule is CS(=O)(=O)NC[C@@H]1CCCN(C(=O)Nc2ccccc2N2CCCC2)C1. The number of benzene rings is 1. The fourth-order valence-electron chi connectivity index (χ4n) is 3.69. The van der Waals surface area contributed by atoms with E-state index in [2.05, 4.69) is 21.0 Å². The Bertz CT molecular complexity index is 732. The number of nitrogens with zero attached hydrogens (tertiary/aromatic N) is 2. The molecule has 2 fully saturated rings. The van der Waals surface area contributed by atoms with Gasteiger partial charge in [0.2, 0.25) is 10.0 Å². The number of amides is 2. The van der Waals surface area contributed by atoms with Gasteiger partial charge in [-0.25, -0.2) is 17.9 Å². The van der Waals surface area contributed by atoms with E-state index in [1.165, 1.54) is 12.8 Å². The van der Waals surface area contributed by atoms with E-state index in [9.17, 15) is 13.2 Å². The number of para-hydroxylation sites is 2. The second kappa shape index (κ2) is 8.26. The van der Waals surface area contributed by atoms with E-state index in [-0.39, 0.29) is 11.9 Å². The lowest BCUT2D eigenvalue weighted by molar-refractivity contribution is 0.178. The number of hydrogen-bond acceptors (Lipinski definition) is 4. The molecule has 3 rings (SSSR count). The summed E-state index contributed by atoms with van der Waals surface area (Å²) < 4.78 is 25.1. The largest absolute Gasteiger partial charge is 0.370 e. The smallest absolute Gasteiger partial charge is 0.321 e. The van der Waals surface area contributed by atoms with Gasteiger partial charge >= 0.3 is 6.03 Å². The van der Waals surface area contributed by atoms with E-state index in [0.717, 1.165) is 43.6 Å². The molecular formula is C18H28N4O3S. The molecular weight excluding hydrogens is 352 g/mol. The zero-order valence-electron chi connectivity index (χ0n) is 15.3. The summed E-state index contributed by atoms with van der Waals surface area (Å²) in [6.07, 6.45) is 5.34. The van der Waals surface area contributed by atoms with Crippen LogP contribution in [0.25, 0.3) is 0 Å². The van der Waals surface area contributed by atoms with Crippen LogP contribution in [-0.4, -0.2) is 58.3 Å². The predicted octanol–water partition coefficient (Wildman–Crippen LogP) is 2.08. The van der Waals surface area contributed by atoms with Crippen molar-refractivity contribution in [2.24, 2.45) is 5.92 Å². The molecule has 7 nitrogen and oxygen atoms in total. The maximum absolute atomic E-state index is 12.7. The number of anilines is 2. The number of urea groups is 1. The van der Waals surface area contributed by atoms with Gasteiger partial charge in [0.15, 0.2) is 0 Å². The van der Waals surface area contributed by atoms with Crippen molar-refractivity contribution in [1.82, 2.24) is 9.62 Å². The molecule has 0 saturated carbocycles. The number of likely N-dealkylation sites (tertiary alicyclic amines) is 1. The average Bonchev–Trinajstić information content (AvgIpc) is 3.14. The minimum atomic E-state index is -3.20. The van der Waals surface area contributed by atoms with Gasteiger partial charge in [-0.1, -0.05) is 12.1 Å². The first-order chi connectivity index (χ1) is 12.4. The van der Waals surface area contributed by atoms with Crippen LogP contribution in [0.4, 0.5) is 16.2 Å². The van der Waals surface area contributed by atoms with E-state index in [1.54, 1.807) is 4.90 Å². The first-order valence-corrected chi connectivity index (χ1v) is 11.2.